The average molecular weight is 503 g/mol. The van der Waals surface area contributed by atoms with Crippen molar-refractivity contribution in [1.82, 2.24) is 15.2 Å². The fraction of sp³-hybridized carbons (Fsp3) is 0.333. The normalized spacial score (nSPS) is 10.9. The van der Waals surface area contributed by atoms with Crippen molar-refractivity contribution >= 4 is 45.9 Å². The highest BCUT2D eigenvalue weighted by molar-refractivity contribution is 14.0. The Balaban J connectivity index is 0.00000288. The van der Waals surface area contributed by atoms with Crippen molar-refractivity contribution in [3.8, 4) is 0 Å². The molecule has 0 atom stereocenters. The lowest BCUT2D eigenvalue weighted by molar-refractivity contribution is 0.477. The van der Waals surface area contributed by atoms with Gasteiger partial charge in [-0.05, 0) is 36.8 Å². The number of nitrogens with zero attached hydrogens (tertiary/aromatic N) is 3. The van der Waals surface area contributed by atoms with Gasteiger partial charge in [0.15, 0.2) is 5.96 Å². The molecule has 2 rings (SSSR count). The van der Waals surface area contributed by atoms with E-state index in [-0.39, 0.29) is 24.0 Å². The molecule has 0 saturated heterocycles. The molecule has 0 fully saturated rings. The van der Waals surface area contributed by atoms with Crippen LogP contribution in [0.15, 0.2) is 58.1 Å². The van der Waals surface area contributed by atoms with Gasteiger partial charge in [-0.1, -0.05) is 34.1 Å². The van der Waals surface area contributed by atoms with Gasteiger partial charge in [0.25, 0.3) is 0 Å². The maximum absolute atomic E-state index is 4.70. The molecular formula is C18H24BrIN4. The van der Waals surface area contributed by atoms with E-state index in [1.165, 1.54) is 5.56 Å². The van der Waals surface area contributed by atoms with Crippen molar-refractivity contribution < 1.29 is 0 Å². The first-order chi connectivity index (χ1) is 11.2. The Bertz CT molecular complexity index is 617. The van der Waals surface area contributed by atoms with Crippen LogP contribution in [0.5, 0.6) is 0 Å². The lowest BCUT2D eigenvalue weighted by atomic mass is 10.2. The smallest absolute Gasteiger partial charge is 0.193 e. The molecule has 4 nitrogen and oxygen atoms in total. The molecule has 0 bridgehead atoms. The molecule has 6 heteroatoms. The summed E-state index contributed by atoms with van der Waals surface area (Å²) in [5.74, 6) is 0.923. The molecule has 24 heavy (non-hydrogen) atoms. The molecule has 1 N–H and O–H groups in total. The second kappa shape index (κ2) is 11.4. The van der Waals surface area contributed by atoms with Crippen molar-refractivity contribution in [1.29, 1.82) is 0 Å². The summed E-state index contributed by atoms with van der Waals surface area (Å²) in [7, 11) is 2.06. The van der Waals surface area contributed by atoms with Crippen LogP contribution in [0.3, 0.4) is 0 Å². The molecule has 0 unspecified atom stereocenters. The predicted molar refractivity (Wildman–Crippen MR) is 115 cm³/mol. The van der Waals surface area contributed by atoms with E-state index in [1.54, 1.807) is 0 Å². The number of hydrogen-bond acceptors (Lipinski definition) is 2. The van der Waals surface area contributed by atoms with E-state index in [1.807, 2.05) is 24.4 Å². The fourth-order valence-corrected chi connectivity index (χ4v) is 2.49. The van der Waals surface area contributed by atoms with Crippen LogP contribution in [0.2, 0.25) is 0 Å². The zero-order valence-electron chi connectivity index (χ0n) is 14.1. The van der Waals surface area contributed by atoms with E-state index in [4.69, 9.17) is 4.99 Å². The second-order valence-electron chi connectivity index (χ2n) is 5.29. The molecule has 1 aromatic heterocycles. The standard InChI is InChI=1S/C18H23BrN4.HI/c1-3-20-18(22-13-11-17-6-4-5-12-21-17)23(2)14-15-7-9-16(19)10-8-15;/h4-10,12H,3,11,13-14H2,1-2H3,(H,20,22);1H. The summed E-state index contributed by atoms with van der Waals surface area (Å²) in [5, 5.41) is 3.35. The van der Waals surface area contributed by atoms with Crippen LogP contribution in [0, 0.1) is 0 Å². The minimum absolute atomic E-state index is 0. The summed E-state index contributed by atoms with van der Waals surface area (Å²) in [6.45, 7) is 4.49. The third-order valence-corrected chi connectivity index (χ3v) is 3.91. The zero-order valence-corrected chi connectivity index (χ0v) is 18.0. The number of pyridine rings is 1. The van der Waals surface area contributed by atoms with Crippen LogP contribution in [0.25, 0.3) is 0 Å². The summed E-state index contributed by atoms with van der Waals surface area (Å²) < 4.78 is 1.10. The average Bonchev–Trinajstić information content (AvgIpc) is 2.57. The molecule has 0 aliphatic rings. The lowest BCUT2D eigenvalue weighted by Crippen LogP contribution is -2.38. The SMILES string of the molecule is CCNC(=NCCc1ccccn1)N(C)Cc1ccc(Br)cc1.I. The van der Waals surface area contributed by atoms with Gasteiger partial charge in [0.05, 0.1) is 0 Å². The third kappa shape index (κ3) is 7.17. The van der Waals surface area contributed by atoms with Crippen LogP contribution < -0.4 is 5.32 Å². The molecular weight excluding hydrogens is 479 g/mol. The maximum Gasteiger partial charge on any atom is 0.193 e. The van der Waals surface area contributed by atoms with E-state index < -0.39 is 0 Å². The summed E-state index contributed by atoms with van der Waals surface area (Å²) in [5.41, 5.74) is 2.33. The highest BCUT2D eigenvalue weighted by Gasteiger charge is 2.06. The number of halogens is 2. The molecule has 0 radical (unpaired) electrons. The largest absolute Gasteiger partial charge is 0.357 e. The molecule has 2 aromatic rings. The van der Waals surface area contributed by atoms with Crippen molar-refractivity contribution in [3.63, 3.8) is 0 Å². The number of nitrogens with one attached hydrogen (secondary N) is 1. The van der Waals surface area contributed by atoms with E-state index in [2.05, 4.69) is 69.4 Å². The Kier molecular flexibility index (Phi) is 9.94. The topological polar surface area (TPSA) is 40.5 Å². The summed E-state index contributed by atoms with van der Waals surface area (Å²) in [6, 6.07) is 14.4. The van der Waals surface area contributed by atoms with Crippen molar-refractivity contribution in [3.05, 3.63) is 64.4 Å². The lowest BCUT2D eigenvalue weighted by Gasteiger charge is -2.22. The van der Waals surface area contributed by atoms with Gasteiger partial charge >= 0.3 is 0 Å². The number of rotatable bonds is 6. The van der Waals surface area contributed by atoms with E-state index in [9.17, 15) is 0 Å². The first-order valence-electron chi connectivity index (χ1n) is 7.83. The Labute approximate surface area is 169 Å². The van der Waals surface area contributed by atoms with Crippen LogP contribution >= 0.6 is 39.9 Å². The highest BCUT2D eigenvalue weighted by atomic mass is 127. The number of guanidine groups is 1. The van der Waals surface area contributed by atoms with Crippen molar-refractivity contribution in [2.75, 3.05) is 20.1 Å². The molecule has 0 saturated carbocycles. The Morgan fingerprint density at radius 2 is 1.96 bits per heavy atom. The summed E-state index contributed by atoms with van der Waals surface area (Å²) in [6.07, 6.45) is 2.67. The van der Waals surface area contributed by atoms with E-state index in [0.29, 0.717) is 0 Å². The summed E-state index contributed by atoms with van der Waals surface area (Å²) in [4.78, 5) is 11.2. The monoisotopic (exact) mass is 502 g/mol. The second-order valence-corrected chi connectivity index (χ2v) is 6.20. The van der Waals surface area contributed by atoms with Gasteiger partial charge in [-0.15, -0.1) is 24.0 Å². The third-order valence-electron chi connectivity index (χ3n) is 3.39. The van der Waals surface area contributed by atoms with Gasteiger partial charge in [0, 0.05) is 49.5 Å². The van der Waals surface area contributed by atoms with Gasteiger partial charge < -0.3 is 10.2 Å². The van der Waals surface area contributed by atoms with Gasteiger partial charge in [-0.2, -0.15) is 0 Å². The fourth-order valence-electron chi connectivity index (χ4n) is 2.23. The first-order valence-corrected chi connectivity index (χ1v) is 8.62. The van der Waals surface area contributed by atoms with Crippen LogP contribution in [0.1, 0.15) is 18.2 Å². The van der Waals surface area contributed by atoms with Gasteiger partial charge in [-0.3, -0.25) is 9.98 Å². The molecule has 0 amide bonds. The molecule has 1 heterocycles. The molecule has 0 aliphatic heterocycles. The van der Waals surface area contributed by atoms with Gasteiger partial charge in [0.2, 0.25) is 0 Å². The van der Waals surface area contributed by atoms with Crippen LogP contribution in [0.4, 0.5) is 0 Å². The molecule has 0 spiro atoms. The van der Waals surface area contributed by atoms with Crippen LogP contribution in [-0.4, -0.2) is 36.0 Å². The Morgan fingerprint density at radius 1 is 1.21 bits per heavy atom. The summed E-state index contributed by atoms with van der Waals surface area (Å²) >= 11 is 3.47. The number of benzene rings is 1. The highest BCUT2D eigenvalue weighted by Crippen LogP contribution is 2.11. The Hall–Kier alpha value is -1.15. The van der Waals surface area contributed by atoms with Crippen molar-refractivity contribution in [2.45, 2.75) is 19.9 Å². The minimum Gasteiger partial charge on any atom is -0.357 e. The van der Waals surface area contributed by atoms with Gasteiger partial charge in [-0.25, -0.2) is 0 Å². The van der Waals surface area contributed by atoms with Gasteiger partial charge in [0.1, 0.15) is 0 Å². The van der Waals surface area contributed by atoms with E-state index in [0.717, 1.165) is 42.2 Å². The first kappa shape index (κ1) is 20.9. The molecule has 0 aliphatic carbocycles. The zero-order chi connectivity index (χ0) is 16.5. The maximum atomic E-state index is 4.70. The van der Waals surface area contributed by atoms with Crippen molar-refractivity contribution in [2.24, 2.45) is 4.99 Å². The molecule has 1 aromatic carbocycles. The quantitative estimate of drug-likeness (QED) is 0.367. The number of aromatic nitrogens is 1. The van der Waals surface area contributed by atoms with Crippen LogP contribution in [-0.2, 0) is 13.0 Å². The number of hydrogen-bond donors (Lipinski definition) is 1. The number of aliphatic imine (C=N–C) groups is 1. The minimum atomic E-state index is 0. The van der Waals surface area contributed by atoms with E-state index >= 15 is 0 Å². The molecule has 130 valence electrons. The Morgan fingerprint density at radius 3 is 2.58 bits per heavy atom. The predicted octanol–water partition coefficient (Wildman–Crippen LogP) is 4.10.